The van der Waals surface area contributed by atoms with Crippen LogP contribution in [0.3, 0.4) is 0 Å². The first kappa shape index (κ1) is 13.8. The minimum absolute atomic E-state index is 0.219. The van der Waals surface area contributed by atoms with Crippen molar-refractivity contribution in [3.05, 3.63) is 47.5 Å². The Bertz CT molecular complexity index is 625. The van der Waals surface area contributed by atoms with Gasteiger partial charge in [0.1, 0.15) is 23.3 Å². The molecule has 2 aromatic rings. The van der Waals surface area contributed by atoms with Crippen molar-refractivity contribution in [2.75, 3.05) is 17.2 Å². The standard InChI is InChI=1S/C16H19FN4/c1-2-18-14-9-15(21-16(20-14)12-6-7-12)19-10-11-4-3-5-13(17)8-11/h3-5,8-9,12H,2,6-7,10H2,1H3,(H2,18,19,20,21). The van der Waals surface area contributed by atoms with Crippen molar-refractivity contribution in [3.63, 3.8) is 0 Å². The van der Waals surface area contributed by atoms with Gasteiger partial charge in [-0.2, -0.15) is 0 Å². The summed E-state index contributed by atoms with van der Waals surface area (Å²) in [6.07, 6.45) is 2.33. The molecule has 1 fully saturated rings. The fraction of sp³-hybridized carbons (Fsp3) is 0.375. The largest absolute Gasteiger partial charge is 0.370 e. The van der Waals surface area contributed by atoms with Gasteiger partial charge in [0, 0.05) is 25.1 Å². The predicted molar refractivity (Wildman–Crippen MR) is 81.9 cm³/mol. The number of benzene rings is 1. The molecule has 5 heteroatoms. The van der Waals surface area contributed by atoms with Crippen LogP contribution in [0.5, 0.6) is 0 Å². The van der Waals surface area contributed by atoms with Crippen molar-refractivity contribution in [1.29, 1.82) is 0 Å². The van der Waals surface area contributed by atoms with Crippen LogP contribution in [-0.4, -0.2) is 16.5 Å². The van der Waals surface area contributed by atoms with Crippen molar-refractivity contribution in [3.8, 4) is 0 Å². The van der Waals surface area contributed by atoms with Crippen LogP contribution in [0.25, 0.3) is 0 Å². The molecule has 1 aromatic heterocycles. The second-order valence-electron chi connectivity index (χ2n) is 5.28. The number of nitrogens with zero attached hydrogens (tertiary/aromatic N) is 2. The zero-order valence-electron chi connectivity index (χ0n) is 12.1. The third-order valence-corrected chi connectivity index (χ3v) is 3.41. The van der Waals surface area contributed by atoms with E-state index in [0.29, 0.717) is 12.5 Å². The number of rotatable bonds is 6. The van der Waals surface area contributed by atoms with Crippen LogP contribution in [0, 0.1) is 5.82 Å². The van der Waals surface area contributed by atoms with Crippen LogP contribution in [0.15, 0.2) is 30.3 Å². The van der Waals surface area contributed by atoms with E-state index >= 15 is 0 Å². The number of halogens is 1. The fourth-order valence-corrected chi connectivity index (χ4v) is 2.19. The molecule has 0 saturated heterocycles. The molecule has 1 aliphatic rings. The van der Waals surface area contributed by atoms with Gasteiger partial charge < -0.3 is 10.6 Å². The molecular formula is C16H19FN4. The van der Waals surface area contributed by atoms with Crippen molar-refractivity contribution in [2.24, 2.45) is 0 Å². The summed E-state index contributed by atoms with van der Waals surface area (Å²) in [6, 6.07) is 8.48. The summed E-state index contributed by atoms with van der Waals surface area (Å²) in [7, 11) is 0. The van der Waals surface area contributed by atoms with E-state index in [0.717, 1.165) is 29.6 Å². The lowest BCUT2D eigenvalue weighted by molar-refractivity contribution is 0.626. The second kappa shape index (κ2) is 6.08. The molecule has 0 bridgehead atoms. The van der Waals surface area contributed by atoms with E-state index in [4.69, 9.17) is 0 Å². The van der Waals surface area contributed by atoms with Gasteiger partial charge in [0.05, 0.1) is 0 Å². The van der Waals surface area contributed by atoms with E-state index in [-0.39, 0.29) is 5.82 Å². The third kappa shape index (κ3) is 3.68. The highest BCUT2D eigenvalue weighted by molar-refractivity contribution is 5.48. The minimum Gasteiger partial charge on any atom is -0.370 e. The van der Waals surface area contributed by atoms with E-state index in [1.807, 2.05) is 19.1 Å². The van der Waals surface area contributed by atoms with Gasteiger partial charge in [-0.15, -0.1) is 0 Å². The molecule has 0 spiro atoms. The summed E-state index contributed by atoms with van der Waals surface area (Å²) in [5.74, 6) is 2.81. The van der Waals surface area contributed by atoms with Gasteiger partial charge in [-0.25, -0.2) is 14.4 Å². The smallest absolute Gasteiger partial charge is 0.136 e. The molecule has 110 valence electrons. The fourth-order valence-electron chi connectivity index (χ4n) is 2.19. The summed E-state index contributed by atoms with van der Waals surface area (Å²) in [5.41, 5.74) is 0.895. The Hall–Kier alpha value is -2.17. The molecule has 2 N–H and O–H groups in total. The van der Waals surface area contributed by atoms with Gasteiger partial charge in [0.2, 0.25) is 0 Å². The van der Waals surface area contributed by atoms with Crippen LogP contribution < -0.4 is 10.6 Å². The maximum absolute atomic E-state index is 13.2. The highest BCUT2D eigenvalue weighted by Gasteiger charge is 2.27. The summed E-state index contributed by atoms with van der Waals surface area (Å²) in [6.45, 7) is 3.41. The normalized spacial score (nSPS) is 14.0. The number of anilines is 2. The molecule has 0 atom stereocenters. The van der Waals surface area contributed by atoms with Gasteiger partial charge in [-0.05, 0) is 37.5 Å². The maximum atomic E-state index is 13.2. The van der Waals surface area contributed by atoms with Crippen LogP contribution in [0.1, 0.15) is 37.1 Å². The van der Waals surface area contributed by atoms with Crippen molar-refractivity contribution < 1.29 is 4.39 Å². The van der Waals surface area contributed by atoms with E-state index in [9.17, 15) is 4.39 Å². The third-order valence-electron chi connectivity index (χ3n) is 3.41. The molecule has 1 heterocycles. The summed E-state index contributed by atoms with van der Waals surface area (Å²) in [5, 5.41) is 6.48. The number of hydrogen-bond donors (Lipinski definition) is 2. The average Bonchev–Trinajstić information content (AvgIpc) is 3.30. The molecule has 0 radical (unpaired) electrons. The molecule has 0 aliphatic heterocycles. The molecule has 3 rings (SSSR count). The molecule has 1 saturated carbocycles. The first-order valence-corrected chi connectivity index (χ1v) is 7.36. The van der Waals surface area contributed by atoms with Gasteiger partial charge in [0.25, 0.3) is 0 Å². The molecule has 21 heavy (non-hydrogen) atoms. The Kier molecular flexibility index (Phi) is 3.99. The lowest BCUT2D eigenvalue weighted by Crippen LogP contribution is -2.08. The first-order valence-electron chi connectivity index (χ1n) is 7.36. The Morgan fingerprint density at radius 3 is 2.57 bits per heavy atom. The minimum atomic E-state index is -0.219. The number of nitrogens with one attached hydrogen (secondary N) is 2. The summed E-state index contributed by atoms with van der Waals surface area (Å²) < 4.78 is 13.2. The Morgan fingerprint density at radius 2 is 1.90 bits per heavy atom. The van der Waals surface area contributed by atoms with Gasteiger partial charge >= 0.3 is 0 Å². The Morgan fingerprint density at radius 1 is 1.14 bits per heavy atom. The van der Waals surface area contributed by atoms with Crippen LogP contribution in [-0.2, 0) is 6.54 Å². The highest BCUT2D eigenvalue weighted by Crippen LogP contribution is 2.38. The van der Waals surface area contributed by atoms with Crippen LogP contribution >= 0.6 is 0 Å². The van der Waals surface area contributed by atoms with E-state index in [2.05, 4.69) is 20.6 Å². The monoisotopic (exact) mass is 286 g/mol. The van der Waals surface area contributed by atoms with E-state index < -0.39 is 0 Å². The second-order valence-corrected chi connectivity index (χ2v) is 5.28. The van der Waals surface area contributed by atoms with Crippen molar-refractivity contribution >= 4 is 11.6 Å². The quantitative estimate of drug-likeness (QED) is 0.853. The highest BCUT2D eigenvalue weighted by atomic mass is 19.1. The Balaban J connectivity index is 1.74. The van der Waals surface area contributed by atoms with E-state index in [1.54, 1.807) is 6.07 Å². The van der Waals surface area contributed by atoms with E-state index in [1.165, 1.54) is 25.0 Å². The van der Waals surface area contributed by atoms with Crippen LogP contribution in [0.4, 0.5) is 16.0 Å². The first-order chi connectivity index (χ1) is 10.2. The average molecular weight is 286 g/mol. The van der Waals surface area contributed by atoms with Gasteiger partial charge in [-0.3, -0.25) is 0 Å². The molecule has 4 nitrogen and oxygen atoms in total. The SMILES string of the molecule is CCNc1cc(NCc2cccc(F)c2)nc(C2CC2)n1. The maximum Gasteiger partial charge on any atom is 0.136 e. The van der Waals surface area contributed by atoms with Gasteiger partial charge in [-0.1, -0.05) is 12.1 Å². The molecule has 0 unspecified atom stereocenters. The zero-order chi connectivity index (χ0) is 14.7. The molecule has 1 aliphatic carbocycles. The summed E-state index contributed by atoms with van der Waals surface area (Å²) >= 11 is 0. The predicted octanol–water partition coefficient (Wildman–Crippen LogP) is 3.54. The molecule has 1 aromatic carbocycles. The van der Waals surface area contributed by atoms with Gasteiger partial charge in [0.15, 0.2) is 0 Å². The lowest BCUT2D eigenvalue weighted by atomic mass is 10.2. The number of aromatic nitrogens is 2. The topological polar surface area (TPSA) is 49.8 Å². The van der Waals surface area contributed by atoms with Crippen LogP contribution in [0.2, 0.25) is 0 Å². The number of hydrogen-bond acceptors (Lipinski definition) is 4. The van der Waals surface area contributed by atoms with Crippen molar-refractivity contribution in [2.45, 2.75) is 32.2 Å². The zero-order valence-corrected chi connectivity index (χ0v) is 12.1. The molecule has 0 amide bonds. The van der Waals surface area contributed by atoms with Crippen molar-refractivity contribution in [1.82, 2.24) is 9.97 Å². The molecular weight excluding hydrogens is 267 g/mol. The summed E-state index contributed by atoms with van der Waals surface area (Å²) in [4.78, 5) is 9.09. The Labute approximate surface area is 123 Å². The lowest BCUT2D eigenvalue weighted by Gasteiger charge is -2.10.